The van der Waals surface area contributed by atoms with Crippen molar-refractivity contribution in [1.29, 1.82) is 0 Å². The lowest BCUT2D eigenvalue weighted by Gasteiger charge is -2.23. The summed E-state index contributed by atoms with van der Waals surface area (Å²) in [6, 6.07) is 14.8. The molecule has 38 heavy (non-hydrogen) atoms. The van der Waals surface area contributed by atoms with Crippen molar-refractivity contribution in [3.8, 4) is 5.75 Å². The van der Waals surface area contributed by atoms with Gasteiger partial charge in [-0.2, -0.15) is 17.5 Å². The molecule has 0 aliphatic carbocycles. The van der Waals surface area contributed by atoms with Gasteiger partial charge in [0.1, 0.15) is 18.2 Å². The van der Waals surface area contributed by atoms with Gasteiger partial charge in [-0.3, -0.25) is 4.79 Å². The second-order valence-corrected chi connectivity index (χ2v) is 10.9. The Morgan fingerprint density at radius 1 is 1.00 bits per heavy atom. The van der Waals surface area contributed by atoms with Crippen LogP contribution in [0.4, 0.5) is 17.6 Å². The van der Waals surface area contributed by atoms with Crippen LogP contribution < -0.4 is 4.74 Å². The van der Waals surface area contributed by atoms with Gasteiger partial charge in [0.15, 0.2) is 5.78 Å². The van der Waals surface area contributed by atoms with E-state index in [4.69, 9.17) is 4.74 Å². The minimum atomic E-state index is -4.41. The Morgan fingerprint density at radius 2 is 1.68 bits per heavy atom. The summed E-state index contributed by atoms with van der Waals surface area (Å²) < 4.78 is 84.2. The lowest BCUT2D eigenvalue weighted by atomic mass is 10.0. The van der Waals surface area contributed by atoms with Gasteiger partial charge in [0.2, 0.25) is 10.0 Å². The molecule has 3 aromatic carbocycles. The number of benzene rings is 3. The summed E-state index contributed by atoms with van der Waals surface area (Å²) in [5.74, 6) is -0.487. The zero-order chi connectivity index (χ0) is 27.5. The first-order valence-electron chi connectivity index (χ1n) is 11.8. The quantitative estimate of drug-likeness (QED) is 0.388. The van der Waals surface area contributed by atoms with Crippen LogP contribution in [0.15, 0.2) is 77.7 Å². The van der Waals surface area contributed by atoms with E-state index in [2.05, 4.69) is 0 Å². The molecule has 0 amide bonds. The fourth-order valence-corrected chi connectivity index (χ4v) is 5.92. The number of nitrogens with zero attached hydrogens (tertiary/aromatic N) is 1. The lowest BCUT2D eigenvalue weighted by molar-refractivity contribution is -0.137. The number of aryl methyl sites for hydroxylation is 1. The van der Waals surface area contributed by atoms with Crippen LogP contribution in [0.1, 0.15) is 29.5 Å². The molecule has 1 aliphatic rings. The highest BCUT2D eigenvalue weighted by atomic mass is 32.2. The molecule has 0 aromatic heterocycles. The monoisotopic (exact) mass is 551 g/mol. The molecule has 0 bridgehead atoms. The van der Waals surface area contributed by atoms with Crippen molar-refractivity contribution >= 4 is 15.8 Å². The van der Waals surface area contributed by atoms with Gasteiger partial charge in [0.25, 0.3) is 0 Å². The largest absolute Gasteiger partial charge is 0.489 e. The molecule has 0 saturated carbocycles. The van der Waals surface area contributed by atoms with Crippen molar-refractivity contribution < 1.29 is 40.6 Å². The van der Waals surface area contributed by atoms with Gasteiger partial charge in [-0.1, -0.05) is 24.3 Å². The molecule has 11 heteroatoms. The molecular weight excluding hydrogens is 526 g/mol. The van der Waals surface area contributed by atoms with Crippen LogP contribution in [0.2, 0.25) is 0 Å². The number of sulfonamides is 1. The molecule has 1 fully saturated rings. The fourth-order valence-electron chi connectivity index (χ4n) is 4.27. The van der Waals surface area contributed by atoms with E-state index in [1.165, 1.54) is 12.1 Å². The first-order chi connectivity index (χ1) is 17.9. The highest BCUT2D eigenvalue weighted by Crippen LogP contribution is 2.30. The second kappa shape index (κ2) is 11.2. The van der Waals surface area contributed by atoms with Crippen LogP contribution in [-0.2, 0) is 34.0 Å². The van der Waals surface area contributed by atoms with Crippen LogP contribution in [0.5, 0.6) is 5.75 Å². The summed E-state index contributed by atoms with van der Waals surface area (Å²) in [4.78, 5) is 12.8. The highest BCUT2D eigenvalue weighted by molar-refractivity contribution is 7.89. The second-order valence-electron chi connectivity index (χ2n) is 9.03. The van der Waals surface area contributed by atoms with Crippen LogP contribution >= 0.6 is 0 Å². The number of ketones is 1. The number of hydrogen-bond acceptors (Lipinski definition) is 5. The Labute approximate surface area is 217 Å². The summed E-state index contributed by atoms with van der Waals surface area (Å²) in [6.07, 6.45) is -5.15. The molecule has 2 atom stereocenters. The van der Waals surface area contributed by atoms with Crippen LogP contribution in [0.25, 0.3) is 0 Å². The van der Waals surface area contributed by atoms with Crippen molar-refractivity contribution in [2.45, 2.75) is 49.1 Å². The summed E-state index contributed by atoms with van der Waals surface area (Å²) in [7, 11) is -4.11. The van der Waals surface area contributed by atoms with Gasteiger partial charge >= 0.3 is 6.18 Å². The maximum Gasteiger partial charge on any atom is 0.416 e. The third kappa shape index (κ3) is 6.58. The summed E-state index contributed by atoms with van der Waals surface area (Å²) in [5, 5.41) is 10.1. The van der Waals surface area contributed by atoms with E-state index in [9.17, 15) is 35.9 Å². The van der Waals surface area contributed by atoms with E-state index in [1.54, 1.807) is 24.3 Å². The zero-order valence-corrected chi connectivity index (χ0v) is 20.9. The van der Waals surface area contributed by atoms with Crippen molar-refractivity contribution in [1.82, 2.24) is 4.31 Å². The Balaban J connectivity index is 1.37. The van der Waals surface area contributed by atoms with Gasteiger partial charge in [-0.25, -0.2) is 12.8 Å². The van der Waals surface area contributed by atoms with E-state index in [0.29, 0.717) is 11.3 Å². The minimum Gasteiger partial charge on any atom is -0.489 e. The number of alkyl halides is 3. The Kier molecular flexibility index (Phi) is 8.19. The van der Waals surface area contributed by atoms with Gasteiger partial charge in [-0.15, -0.1) is 0 Å². The number of halogens is 4. The SMILES string of the molecule is O=C(CCc1cccc(OCc2ccc(C(F)(F)F)cc2)c1)[C@@H]1C[C@@H](O)CN1S(=O)(=O)c1ccc(F)cc1. The van der Waals surface area contributed by atoms with Crippen molar-refractivity contribution in [3.63, 3.8) is 0 Å². The average molecular weight is 552 g/mol. The van der Waals surface area contributed by atoms with E-state index in [-0.39, 0.29) is 43.1 Å². The number of carbonyl (C=O) groups is 1. The fraction of sp³-hybridized carbons (Fsp3) is 0.296. The predicted octanol–water partition coefficient (Wildman–Crippen LogP) is 4.75. The Hall–Kier alpha value is -3.28. The number of ether oxygens (including phenoxy) is 1. The Bertz CT molecular complexity index is 1380. The van der Waals surface area contributed by atoms with Gasteiger partial charge < -0.3 is 9.84 Å². The van der Waals surface area contributed by atoms with E-state index in [0.717, 1.165) is 46.3 Å². The third-order valence-corrected chi connectivity index (χ3v) is 8.16. The molecule has 4 rings (SSSR count). The average Bonchev–Trinajstić information content (AvgIpc) is 3.29. The molecule has 1 saturated heterocycles. The van der Waals surface area contributed by atoms with Gasteiger partial charge in [0.05, 0.1) is 22.6 Å². The van der Waals surface area contributed by atoms with Gasteiger partial charge in [0, 0.05) is 13.0 Å². The Morgan fingerprint density at radius 3 is 2.34 bits per heavy atom. The molecular formula is C27H25F4NO5S. The molecule has 1 aliphatic heterocycles. The van der Waals surface area contributed by atoms with Crippen LogP contribution in [0, 0.1) is 5.82 Å². The van der Waals surface area contributed by atoms with Crippen LogP contribution in [0.3, 0.4) is 0 Å². The van der Waals surface area contributed by atoms with Crippen molar-refractivity contribution in [2.24, 2.45) is 0 Å². The highest BCUT2D eigenvalue weighted by Gasteiger charge is 2.42. The van der Waals surface area contributed by atoms with Crippen molar-refractivity contribution in [2.75, 3.05) is 6.54 Å². The number of Topliss-reactive ketones (excluding diaryl/α,β-unsaturated/α-hetero) is 1. The summed E-state index contributed by atoms with van der Waals surface area (Å²) in [5.41, 5.74) is 0.558. The summed E-state index contributed by atoms with van der Waals surface area (Å²) in [6.45, 7) is -0.180. The topological polar surface area (TPSA) is 83.9 Å². The van der Waals surface area contributed by atoms with Gasteiger partial charge in [-0.05, 0) is 72.5 Å². The number of hydrogen-bond donors (Lipinski definition) is 1. The first kappa shape index (κ1) is 27.7. The standard InChI is InChI=1S/C27H25F4NO5S/c28-21-9-11-24(12-10-21)38(35,36)32-16-22(33)15-25(32)26(34)13-6-18-2-1-3-23(14-18)37-17-19-4-7-20(8-5-19)27(29,30)31/h1-5,7-12,14,22,25,33H,6,13,15-17H2/t22-,25+/m1/s1. The maximum absolute atomic E-state index is 13.2. The smallest absolute Gasteiger partial charge is 0.416 e. The third-order valence-electron chi connectivity index (χ3n) is 6.27. The molecule has 0 radical (unpaired) electrons. The number of β-amino-alcohol motifs (C(OH)–C–C–N with tert-alkyl or cyclic N) is 1. The molecule has 0 unspecified atom stereocenters. The molecule has 3 aromatic rings. The zero-order valence-electron chi connectivity index (χ0n) is 20.1. The van der Waals surface area contributed by atoms with E-state index in [1.807, 2.05) is 0 Å². The number of aliphatic hydroxyl groups is 1. The molecule has 0 spiro atoms. The molecule has 6 nitrogen and oxygen atoms in total. The molecule has 1 heterocycles. The predicted molar refractivity (Wildman–Crippen MR) is 130 cm³/mol. The van der Waals surface area contributed by atoms with E-state index < -0.39 is 39.7 Å². The number of carbonyl (C=O) groups excluding carboxylic acids is 1. The summed E-state index contributed by atoms with van der Waals surface area (Å²) >= 11 is 0. The maximum atomic E-state index is 13.2. The molecule has 202 valence electrons. The number of rotatable bonds is 9. The lowest BCUT2D eigenvalue weighted by Crippen LogP contribution is -2.40. The van der Waals surface area contributed by atoms with Crippen molar-refractivity contribution in [3.05, 3.63) is 95.3 Å². The normalized spacial score (nSPS) is 18.4. The molecule has 1 N–H and O–H groups in total. The van der Waals surface area contributed by atoms with E-state index >= 15 is 0 Å². The number of aliphatic hydroxyl groups excluding tert-OH is 1. The first-order valence-corrected chi connectivity index (χ1v) is 13.2. The minimum absolute atomic E-state index is 0.00911. The van der Waals surface area contributed by atoms with Crippen LogP contribution in [-0.4, -0.2) is 42.3 Å².